The second kappa shape index (κ2) is 5.58. The van der Waals surface area contributed by atoms with Crippen molar-refractivity contribution in [2.45, 2.75) is 25.1 Å². The van der Waals surface area contributed by atoms with Crippen molar-refractivity contribution in [3.05, 3.63) is 48.0 Å². The van der Waals surface area contributed by atoms with E-state index in [-0.39, 0.29) is 12.1 Å². The van der Waals surface area contributed by atoms with Gasteiger partial charge in [0.05, 0.1) is 25.9 Å². The van der Waals surface area contributed by atoms with Crippen molar-refractivity contribution >= 4 is 11.7 Å². The van der Waals surface area contributed by atoms with E-state index in [2.05, 4.69) is 5.32 Å². The van der Waals surface area contributed by atoms with Gasteiger partial charge in [-0.2, -0.15) is 0 Å². The molecular weight excluding hydrogens is 320 g/mol. The van der Waals surface area contributed by atoms with Crippen LogP contribution >= 0.6 is 0 Å². The molecule has 2 heterocycles. The van der Waals surface area contributed by atoms with Crippen molar-refractivity contribution in [1.82, 2.24) is 5.32 Å². The molecule has 1 fully saturated rings. The number of fused-ring (bicyclic) bond motifs is 4. The van der Waals surface area contributed by atoms with Gasteiger partial charge in [-0.25, -0.2) is 4.79 Å². The Morgan fingerprint density at radius 3 is 2.76 bits per heavy atom. The number of rotatable bonds is 3. The Morgan fingerprint density at radius 1 is 1.20 bits per heavy atom. The van der Waals surface area contributed by atoms with Gasteiger partial charge in [-0.05, 0) is 25.1 Å². The van der Waals surface area contributed by atoms with Crippen LogP contribution in [0.15, 0.2) is 42.5 Å². The van der Waals surface area contributed by atoms with E-state index in [0.717, 1.165) is 11.3 Å². The second-order valence-corrected chi connectivity index (χ2v) is 6.40. The van der Waals surface area contributed by atoms with Gasteiger partial charge in [-0.15, -0.1) is 0 Å². The lowest BCUT2D eigenvalue weighted by molar-refractivity contribution is 0.0349. The summed E-state index contributed by atoms with van der Waals surface area (Å²) in [5.41, 5.74) is 0.840. The number of amides is 2. The molecule has 2 aliphatic rings. The average molecular weight is 340 g/mol. The van der Waals surface area contributed by atoms with Crippen LogP contribution in [0.2, 0.25) is 0 Å². The van der Waals surface area contributed by atoms with Crippen molar-refractivity contribution in [1.29, 1.82) is 0 Å². The summed E-state index contributed by atoms with van der Waals surface area (Å²) in [5.74, 6) is 2.02. The van der Waals surface area contributed by atoms with Crippen LogP contribution in [0.3, 0.4) is 0 Å². The van der Waals surface area contributed by atoms with E-state index in [1.807, 2.05) is 49.4 Å². The Morgan fingerprint density at radius 2 is 2.00 bits per heavy atom. The number of methoxy groups -OCH3 is 2. The number of urea groups is 1. The van der Waals surface area contributed by atoms with E-state index < -0.39 is 5.72 Å². The first-order valence-electron chi connectivity index (χ1n) is 8.16. The number of nitrogens with one attached hydrogen (secondary N) is 1. The standard InChI is InChI=1S/C19H20N2O4/c1-19-11-15(14-8-5-9-16(24-3)17(14)25-19)20-18(22)21(19)12-6-4-7-13(10-12)23-2/h4-10,15H,11H2,1-3H3,(H,20,22). The lowest BCUT2D eigenvalue weighted by Crippen LogP contribution is -2.65. The summed E-state index contributed by atoms with van der Waals surface area (Å²) >= 11 is 0. The summed E-state index contributed by atoms with van der Waals surface area (Å²) < 4.78 is 17.1. The quantitative estimate of drug-likeness (QED) is 0.929. The van der Waals surface area contributed by atoms with Crippen molar-refractivity contribution in [3.63, 3.8) is 0 Å². The fourth-order valence-corrected chi connectivity index (χ4v) is 3.66. The Hall–Kier alpha value is -2.89. The van der Waals surface area contributed by atoms with Crippen LogP contribution in [0.4, 0.5) is 10.5 Å². The molecule has 0 aliphatic carbocycles. The lowest BCUT2D eigenvalue weighted by atomic mass is 9.90. The molecule has 6 heteroatoms. The molecule has 25 heavy (non-hydrogen) atoms. The first-order chi connectivity index (χ1) is 12.1. The highest BCUT2D eigenvalue weighted by molar-refractivity contribution is 5.95. The normalized spacial score (nSPS) is 24.0. The van der Waals surface area contributed by atoms with Crippen LogP contribution in [-0.4, -0.2) is 26.0 Å². The van der Waals surface area contributed by atoms with Crippen LogP contribution in [0.25, 0.3) is 0 Å². The molecule has 0 aromatic heterocycles. The van der Waals surface area contributed by atoms with Crippen LogP contribution in [-0.2, 0) is 0 Å². The second-order valence-electron chi connectivity index (χ2n) is 6.40. The molecule has 1 saturated heterocycles. The maximum Gasteiger partial charge on any atom is 0.325 e. The van der Waals surface area contributed by atoms with E-state index in [4.69, 9.17) is 14.2 Å². The molecule has 1 N–H and O–H groups in total. The molecule has 4 rings (SSSR count). The zero-order chi connectivity index (χ0) is 17.6. The fourth-order valence-electron chi connectivity index (χ4n) is 3.66. The van der Waals surface area contributed by atoms with Gasteiger partial charge >= 0.3 is 6.03 Å². The van der Waals surface area contributed by atoms with Gasteiger partial charge in [0, 0.05) is 18.1 Å². The summed E-state index contributed by atoms with van der Waals surface area (Å²) in [6.07, 6.45) is 0.635. The lowest BCUT2D eigenvalue weighted by Gasteiger charge is -2.50. The zero-order valence-electron chi connectivity index (χ0n) is 14.4. The molecule has 2 unspecified atom stereocenters. The fraction of sp³-hybridized carbons (Fsp3) is 0.316. The smallest absolute Gasteiger partial charge is 0.325 e. The maximum atomic E-state index is 12.8. The number of para-hydroxylation sites is 1. The van der Waals surface area contributed by atoms with E-state index in [1.165, 1.54) is 0 Å². The Bertz CT molecular complexity index is 838. The maximum absolute atomic E-state index is 12.8. The van der Waals surface area contributed by atoms with Crippen molar-refractivity contribution < 1.29 is 19.0 Å². The Kier molecular flexibility index (Phi) is 3.49. The highest BCUT2D eigenvalue weighted by Gasteiger charge is 2.50. The van der Waals surface area contributed by atoms with Crippen LogP contribution in [0.5, 0.6) is 17.2 Å². The van der Waals surface area contributed by atoms with Crippen LogP contribution < -0.4 is 24.4 Å². The van der Waals surface area contributed by atoms with E-state index in [9.17, 15) is 4.79 Å². The molecule has 2 aromatic carbocycles. The summed E-state index contributed by atoms with van der Waals surface area (Å²) in [6, 6.07) is 12.8. The number of anilines is 1. The average Bonchev–Trinajstić information content (AvgIpc) is 2.60. The third-order valence-electron chi connectivity index (χ3n) is 4.79. The van der Waals surface area contributed by atoms with E-state index in [0.29, 0.717) is 23.7 Å². The predicted octanol–water partition coefficient (Wildman–Crippen LogP) is 3.47. The number of benzene rings is 2. The molecule has 0 radical (unpaired) electrons. The summed E-state index contributed by atoms with van der Waals surface area (Å²) in [4.78, 5) is 14.5. The number of nitrogens with zero attached hydrogens (tertiary/aromatic N) is 1. The Balaban J connectivity index is 1.81. The number of hydrogen-bond acceptors (Lipinski definition) is 4. The van der Waals surface area contributed by atoms with Gasteiger partial charge in [-0.3, -0.25) is 4.90 Å². The number of hydrogen-bond donors (Lipinski definition) is 1. The van der Waals surface area contributed by atoms with Gasteiger partial charge < -0.3 is 19.5 Å². The summed E-state index contributed by atoms with van der Waals surface area (Å²) in [6.45, 7) is 1.92. The zero-order valence-corrected chi connectivity index (χ0v) is 14.4. The van der Waals surface area contributed by atoms with E-state index >= 15 is 0 Å². The Labute approximate surface area is 146 Å². The first-order valence-corrected chi connectivity index (χ1v) is 8.16. The highest BCUT2D eigenvalue weighted by Crippen LogP contribution is 2.49. The third kappa shape index (κ3) is 2.36. The molecule has 2 bridgehead atoms. The number of carbonyl (C=O) groups is 1. The van der Waals surface area contributed by atoms with Gasteiger partial charge in [-0.1, -0.05) is 18.2 Å². The minimum absolute atomic E-state index is 0.113. The highest BCUT2D eigenvalue weighted by atomic mass is 16.5. The van der Waals surface area contributed by atoms with Crippen molar-refractivity contribution in [2.24, 2.45) is 0 Å². The SMILES string of the molecule is COc1cccc(N2C(=O)NC3CC2(C)Oc2c(OC)cccc23)c1. The van der Waals surface area contributed by atoms with Crippen molar-refractivity contribution in [2.75, 3.05) is 19.1 Å². The number of carbonyl (C=O) groups excluding carboxylic acids is 1. The molecule has 2 aromatic rings. The van der Waals surface area contributed by atoms with Crippen LogP contribution in [0.1, 0.15) is 24.9 Å². The van der Waals surface area contributed by atoms with Crippen molar-refractivity contribution in [3.8, 4) is 17.2 Å². The monoisotopic (exact) mass is 340 g/mol. The molecule has 0 saturated carbocycles. The predicted molar refractivity (Wildman–Crippen MR) is 93.4 cm³/mol. The molecule has 0 spiro atoms. The molecular formula is C19H20N2O4. The summed E-state index contributed by atoms with van der Waals surface area (Å²) in [5, 5.41) is 3.08. The largest absolute Gasteiger partial charge is 0.497 e. The minimum atomic E-state index is -0.818. The molecule has 6 nitrogen and oxygen atoms in total. The first kappa shape index (κ1) is 15.6. The topological polar surface area (TPSA) is 60.0 Å². The molecule has 2 atom stereocenters. The number of ether oxygens (including phenoxy) is 3. The van der Waals surface area contributed by atoms with Gasteiger partial charge in [0.1, 0.15) is 5.75 Å². The van der Waals surface area contributed by atoms with Crippen LogP contribution in [0, 0.1) is 0 Å². The third-order valence-corrected chi connectivity index (χ3v) is 4.79. The summed E-state index contributed by atoms with van der Waals surface area (Å²) in [7, 11) is 3.22. The molecule has 2 aliphatic heterocycles. The van der Waals surface area contributed by atoms with E-state index in [1.54, 1.807) is 19.1 Å². The minimum Gasteiger partial charge on any atom is -0.497 e. The molecule has 2 amide bonds. The van der Waals surface area contributed by atoms with Gasteiger partial charge in [0.15, 0.2) is 17.2 Å². The van der Waals surface area contributed by atoms with Gasteiger partial charge in [0.25, 0.3) is 0 Å². The van der Waals surface area contributed by atoms with Gasteiger partial charge in [0.2, 0.25) is 0 Å². The molecule has 130 valence electrons.